The molecule has 0 aliphatic carbocycles. The maximum atomic E-state index is 14.3. The fourth-order valence-corrected chi connectivity index (χ4v) is 3.30. The van der Waals surface area contributed by atoms with Crippen LogP contribution in [0.2, 0.25) is 5.02 Å². The minimum absolute atomic E-state index is 0.249. The third-order valence-electron chi connectivity index (χ3n) is 3.69. The van der Waals surface area contributed by atoms with Crippen LogP contribution in [0.3, 0.4) is 0 Å². The number of hydrazone groups is 1. The van der Waals surface area contributed by atoms with Crippen molar-refractivity contribution in [1.29, 1.82) is 0 Å². The molecule has 134 valence electrons. The van der Waals surface area contributed by atoms with Gasteiger partial charge in [0.05, 0.1) is 11.4 Å². The number of carbonyl (C=O) groups excluding carboxylic acids is 1. The Labute approximate surface area is 159 Å². The zero-order valence-electron chi connectivity index (χ0n) is 14.1. The average Bonchev–Trinajstić information content (AvgIpc) is 2.59. The lowest BCUT2D eigenvalue weighted by atomic mass is 10.1. The second kappa shape index (κ2) is 7.88. The number of aliphatic imine (C=N–C) groups is 1. The third-order valence-corrected chi connectivity index (χ3v) is 4.98. The molecule has 3 rings (SSSR count). The SMILES string of the molecule is CC(=O)Nc1ccc(C2=NNC(=Nc3cccc(Cl)c3C)SC2)c(F)c1. The van der Waals surface area contributed by atoms with E-state index in [-0.39, 0.29) is 5.91 Å². The zero-order valence-corrected chi connectivity index (χ0v) is 15.7. The number of carbonyl (C=O) groups is 1. The van der Waals surface area contributed by atoms with Gasteiger partial charge in [-0.3, -0.25) is 10.2 Å². The molecule has 0 saturated carbocycles. The number of nitrogens with one attached hydrogen (secondary N) is 2. The number of anilines is 1. The number of halogens is 2. The molecule has 0 fully saturated rings. The number of nitrogens with zero attached hydrogens (tertiary/aromatic N) is 2. The van der Waals surface area contributed by atoms with Gasteiger partial charge in [-0.25, -0.2) is 9.38 Å². The molecule has 1 heterocycles. The topological polar surface area (TPSA) is 65.8 Å². The van der Waals surface area contributed by atoms with Crippen molar-refractivity contribution in [2.75, 3.05) is 11.1 Å². The third kappa shape index (κ3) is 4.23. The molecule has 8 heteroatoms. The Balaban J connectivity index is 1.78. The van der Waals surface area contributed by atoms with Crippen molar-refractivity contribution in [1.82, 2.24) is 5.43 Å². The predicted molar refractivity (Wildman–Crippen MR) is 106 cm³/mol. The summed E-state index contributed by atoms with van der Waals surface area (Å²) < 4.78 is 14.3. The van der Waals surface area contributed by atoms with Gasteiger partial charge in [-0.05, 0) is 42.8 Å². The quantitative estimate of drug-likeness (QED) is 0.812. The second-order valence-corrected chi connectivity index (χ2v) is 7.01. The summed E-state index contributed by atoms with van der Waals surface area (Å²) in [5.41, 5.74) is 5.88. The maximum absolute atomic E-state index is 14.3. The van der Waals surface area contributed by atoms with Crippen LogP contribution in [0.15, 0.2) is 46.5 Å². The van der Waals surface area contributed by atoms with Crippen LogP contribution in [-0.2, 0) is 4.79 Å². The van der Waals surface area contributed by atoms with Crippen LogP contribution in [0.4, 0.5) is 15.8 Å². The van der Waals surface area contributed by atoms with Gasteiger partial charge in [0.25, 0.3) is 0 Å². The van der Waals surface area contributed by atoms with Gasteiger partial charge in [-0.15, -0.1) is 0 Å². The number of benzene rings is 2. The van der Waals surface area contributed by atoms with Gasteiger partial charge < -0.3 is 5.32 Å². The van der Waals surface area contributed by atoms with Crippen LogP contribution in [-0.4, -0.2) is 22.5 Å². The highest BCUT2D eigenvalue weighted by Crippen LogP contribution is 2.27. The van der Waals surface area contributed by atoms with E-state index in [2.05, 4.69) is 20.8 Å². The lowest BCUT2D eigenvalue weighted by molar-refractivity contribution is -0.114. The Bertz CT molecular complexity index is 929. The van der Waals surface area contributed by atoms with E-state index in [1.54, 1.807) is 12.1 Å². The molecule has 1 aliphatic heterocycles. The van der Waals surface area contributed by atoms with Gasteiger partial charge in [0.15, 0.2) is 5.17 Å². The fourth-order valence-electron chi connectivity index (χ4n) is 2.37. The largest absolute Gasteiger partial charge is 0.326 e. The molecule has 0 bridgehead atoms. The van der Waals surface area contributed by atoms with E-state index < -0.39 is 5.82 Å². The molecule has 0 radical (unpaired) electrons. The zero-order chi connectivity index (χ0) is 18.7. The van der Waals surface area contributed by atoms with E-state index in [0.717, 1.165) is 11.3 Å². The van der Waals surface area contributed by atoms with Crippen LogP contribution >= 0.6 is 23.4 Å². The Morgan fingerprint density at radius 1 is 1.38 bits per heavy atom. The first-order valence-electron chi connectivity index (χ1n) is 7.80. The average molecular weight is 391 g/mol. The van der Waals surface area contributed by atoms with Crippen molar-refractivity contribution in [2.45, 2.75) is 13.8 Å². The van der Waals surface area contributed by atoms with Crippen LogP contribution in [0, 0.1) is 12.7 Å². The molecule has 0 spiro atoms. The molecule has 2 aromatic carbocycles. The van der Waals surface area contributed by atoms with Crippen molar-refractivity contribution < 1.29 is 9.18 Å². The predicted octanol–water partition coefficient (Wildman–Crippen LogP) is 4.47. The standard InChI is InChI=1S/C18H16ClFN4OS/c1-10-14(19)4-3-5-16(10)22-18-24-23-17(9-26-18)13-7-6-12(8-15(13)20)21-11(2)25/h3-8H,9H2,1-2H3,(H,21,25)(H,22,24). The molecule has 1 amide bonds. The Hall–Kier alpha value is -2.38. The van der Waals surface area contributed by atoms with Crippen LogP contribution in [0.25, 0.3) is 0 Å². The molecule has 0 atom stereocenters. The lowest BCUT2D eigenvalue weighted by Gasteiger charge is -2.16. The minimum Gasteiger partial charge on any atom is -0.326 e. The van der Waals surface area contributed by atoms with Crippen molar-refractivity contribution in [2.24, 2.45) is 10.1 Å². The van der Waals surface area contributed by atoms with E-state index >= 15 is 0 Å². The molecule has 26 heavy (non-hydrogen) atoms. The van der Waals surface area contributed by atoms with Crippen LogP contribution in [0.1, 0.15) is 18.1 Å². The number of amides is 1. The molecular formula is C18H16ClFN4OS. The minimum atomic E-state index is -0.441. The summed E-state index contributed by atoms with van der Waals surface area (Å²) in [5, 5.41) is 8.06. The summed E-state index contributed by atoms with van der Waals surface area (Å²) in [6.45, 7) is 3.27. The lowest BCUT2D eigenvalue weighted by Crippen LogP contribution is -2.25. The molecule has 0 saturated heterocycles. The van der Waals surface area contributed by atoms with E-state index in [9.17, 15) is 9.18 Å². The van der Waals surface area contributed by atoms with Gasteiger partial charge in [0, 0.05) is 29.0 Å². The van der Waals surface area contributed by atoms with Crippen molar-refractivity contribution in [3.63, 3.8) is 0 Å². The van der Waals surface area contributed by atoms with Gasteiger partial charge >= 0.3 is 0 Å². The normalized spacial score (nSPS) is 15.4. The van der Waals surface area contributed by atoms with Crippen LogP contribution < -0.4 is 10.7 Å². The summed E-state index contributed by atoms with van der Waals surface area (Å²) >= 11 is 7.53. The maximum Gasteiger partial charge on any atom is 0.221 e. The smallest absolute Gasteiger partial charge is 0.221 e. The Kier molecular flexibility index (Phi) is 5.58. The number of rotatable bonds is 3. The first-order valence-corrected chi connectivity index (χ1v) is 9.17. The van der Waals surface area contributed by atoms with Crippen molar-refractivity contribution >= 4 is 51.5 Å². The number of amidine groups is 1. The monoisotopic (exact) mass is 390 g/mol. The molecule has 5 nitrogen and oxygen atoms in total. The summed E-state index contributed by atoms with van der Waals surface area (Å²) in [5.74, 6) is -0.216. The number of thioether (sulfide) groups is 1. The second-order valence-electron chi connectivity index (χ2n) is 5.64. The van der Waals surface area contributed by atoms with Gasteiger partial charge in [-0.1, -0.05) is 29.4 Å². The molecule has 0 unspecified atom stereocenters. The summed E-state index contributed by atoms with van der Waals surface area (Å²) in [6, 6.07) is 10.0. The molecule has 2 N–H and O–H groups in total. The number of hydrogen-bond acceptors (Lipinski definition) is 4. The molecular weight excluding hydrogens is 375 g/mol. The Morgan fingerprint density at radius 2 is 2.19 bits per heavy atom. The number of hydrogen-bond donors (Lipinski definition) is 2. The van der Waals surface area contributed by atoms with Crippen LogP contribution in [0.5, 0.6) is 0 Å². The summed E-state index contributed by atoms with van der Waals surface area (Å²) in [7, 11) is 0. The molecule has 1 aliphatic rings. The highest BCUT2D eigenvalue weighted by atomic mass is 35.5. The van der Waals surface area contributed by atoms with E-state index in [1.807, 2.05) is 25.1 Å². The van der Waals surface area contributed by atoms with Crippen molar-refractivity contribution in [3.8, 4) is 0 Å². The van der Waals surface area contributed by atoms with Gasteiger partial charge in [-0.2, -0.15) is 5.10 Å². The summed E-state index contributed by atoms with van der Waals surface area (Å²) in [4.78, 5) is 15.6. The van der Waals surface area contributed by atoms with Crippen molar-refractivity contribution in [3.05, 3.63) is 58.4 Å². The highest BCUT2D eigenvalue weighted by Gasteiger charge is 2.17. The molecule has 2 aromatic rings. The Morgan fingerprint density at radius 3 is 2.85 bits per heavy atom. The fraction of sp³-hybridized carbons (Fsp3) is 0.167. The van der Waals surface area contributed by atoms with E-state index in [0.29, 0.717) is 32.9 Å². The van der Waals surface area contributed by atoms with Gasteiger partial charge in [0.2, 0.25) is 5.91 Å². The first kappa shape index (κ1) is 18.4. The molecule has 0 aromatic heterocycles. The van der Waals surface area contributed by atoms with Gasteiger partial charge in [0.1, 0.15) is 5.82 Å². The first-order chi connectivity index (χ1) is 12.4. The summed E-state index contributed by atoms with van der Waals surface area (Å²) in [6.07, 6.45) is 0. The van der Waals surface area contributed by atoms with E-state index in [1.165, 1.54) is 24.8 Å². The van der Waals surface area contributed by atoms with E-state index in [4.69, 9.17) is 11.6 Å². The highest BCUT2D eigenvalue weighted by molar-refractivity contribution is 8.14.